The maximum absolute atomic E-state index is 12.4. The second kappa shape index (κ2) is 6.61. The van der Waals surface area contributed by atoms with Crippen molar-refractivity contribution in [3.8, 4) is 5.75 Å². The van der Waals surface area contributed by atoms with Crippen molar-refractivity contribution in [2.75, 3.05) is 14.2 Å². The maximum atomic E-state index is 12.4. The lowest BCUT2D eigenvalue weighted by atomic mass is 9.95. The molecule has 2 aromatic carbocycles. The summed E-state index contributed by atoms with van der Waals surface area (Å²) in [6.45, 7) is 0. The van der Waals surface area contributed by atoms with Crippen molar-refractivity contribution in [3.63, 3.8) is 0 Å². The molecule has 1 atom stereocenters. The third-order valence-electron chi connectivity index (χ3n) is 4.22. The number of amides is 1. The number of aliphatic hydroxyl groups excluding tert-OH is 1. The smallest absolute Gasteiger partial charge is 0.295 e. The van der Waals surface area contributed by atoms with Gasteiger partial charge >= 0.3 is 0 Å². The number of methoxy groups -OCH3 is 1. The summed E-state index contributed by atoms with van der Waals surface area (Å²) in [5.41, 5.74) is 1.19. The van der Waals surface area contributed by atoms with Crippen LogP contribution in [0.15, 0.2) is 54.1 Å². The number of carbonyl (C=O) groups is 2. The maximum Gasteiger partial charge on any atom is 0.295 e. The number of nitrogens with zero attached hydrogens (tertiary/aromatic N) is 1. The van der Waals surface area contributed by atoms with Gasteiger partial charge in [-0.3, -0.25) is 9.59 Å². The molecule has 0 aliphatic carbocycles. The molecule has 1 aliphatic heterocycles. The van der Waals surface area contributed by atoms with E-state index in [0.717, 1.165) is 0 Å². The summed E-state index contributed by atoms with van der Waals surface area (Å²) in [6, 6.07) is 12.8. The van der Waals surface area contributed by atoms with Gasteiger partial charge < -0.3 is 14.7 Å². The lowest BCUT2D eigenvalue weighted by Crippen LogP contribution is -2.24. The van der Waals surface area contributed by atoms with Crippen LogP contribution >= 0.6 is 11.6 Å². The van der Waals surface area contributed by atoms with Crippen LogP contribution in [0.5, 0.6) is 5.75 Å². The van der Waals surface area contributed by atoms with E-state index in [2.05, 4.69) is 0 Å². The Labute approximate surface area is 150 Å². The summed E-state index contributed by atoms with van der Waals surface area (Å²) in [5.74, 6) is -0.929. The van der Waals surface area contributed by atoms with Gasteiger partial charge in [0.2, 0.25) is 0 Å². The van der Waals surface area contributed by atoms with Crippen molar-refractivity contribution >= 4 is 29.1 Å². The van der Waals surface area contributed by atoms with Gasteiger partial charge in [-0.2, -0.15) is 0 Å². The molecule has 6 heteroatoms. The Morgan fingerprint density at radius 2 is 1.68 bits per heavy atom. The first kappa shape index (κ1) is 17.0. The number of aliphatic hydroxyl groups is 1. The highest BCUT2D eigenvalue weighted by Gasteiger charge is 2.44. The topological polar surface area (TPSA) is 66.8 Å². The fraction of sp³-hybridized carbons (Fsp3) is 0.158. The third-order valence-corrected chi connectivity index (χ3v) is 4.48. The largest absolute Gasteiger partial charge is 0.507 e. The fourth-order valence-electron chi connectivity index (χ4n) is 2.89. The second-order valence-corrected chi connectivity index (χ2v) is 6.13. The Morgan fingerprint density at radius 3 is 2.24 bits per heavy atom. The van der Waals surface area contributed by atoms with Crippen LogP contribution in [0.4, 0.5) is 0 Å². The fourth-order valence-corrected chi connectivity index (χ4v) is 3.01. The number of rotatable bonds is 3. The highest BCUT2D eigenvalue weighted by atomic mass is 35.5. The van der Waals surface area contributed by atoms with Crippen LogP contribution in [0.3, 0.4) is 0 Å². The number of ether oxygens (including phenoxy) is 1. The van der Waals surface area contributed by atoms with Crippen LogP contribution < -0.4 is 4.74 Å². The van der Waals surface area contributed by atoms with Gasteiger partial charge in [0.1, 0.15) is 11.5 Å². The molecule has 1 amide bonds. The van der Waals surface area contributed by atoms with Crippen molar-refractivity contribution in [2.45, 2.75) is 6.04 Å². The molecule has 2 aromatic rings. The van der Waals surface area contributed by atoms with Crippen LogP contribution in [0.25, 0.3) is 5.76 Å². The van der Waals surface area contributed by atoms with Crippen molar-refractivity contribution in [1.29, 1.82) is 0 Å². The summed E-state index contributed by atoms with van der Waals surface area (Å²) < 4.78 is 5.13. The van der Waals surface area contributed by atoms with Gasteiger partial charge in [-0.05, 0) is 42.0 Å². The van der Waals surface area contributed by atoms with Gasteiger partial charge in [0.25, 0.3) is 11.7 Å². The standard InChI is InChI=1S/C19H16ClNO4/c1-21-16(11-5-9-14(25-2)10-6-11)15(18(23)19(21)24)17(22)12-3-7-13(20)8-4-12/h3-10,16,22H,1-2H3/b17-15+. The average Bonchev–Trinajstić information content (AvgIpc) is 2.86. The summed E-state index contributed by atoms with van der Waals surface area (Å²) >= 11 is 5.87. The SMILES string of the molecule is COc1ccc(C2/C(=C(\O)c3ccc(Cl)cc3)C(=O)C(=O)N2C)cc1. The molecule has 1 aliphatic rings. The van der Waals surface area contributed by atoms with E-state index < -0.39 is 17.7 Å². The molecule has 25 heavy (non-hydrogen) atoms. The Kier molecular flexibility index (Phi) is 4.51. The number of ketones is 1. The molecule has 1 fully saturated rings. The van der Waals surface area contributed by atoms with E-state index in [4.69, 9.17) is 16.3 Å². The van der Waals surface area contributed by atoms with E-state index >= 15 is 0 Å². The number of likely N-dealkylation sites (N-methyl/N-ethyl adjacent to an activating group) is 1. The highest BCUT2D eigenvalue weighted by molar-refractivity contribution is 6.46. The zero-order chi connectivity index (χ0) is 18.1. The second-order valence-electron chi connectivity index (χ2n) is 5.69. The van der Waals surface area contributed by atoms with E-state index in [0.29, 0.717) is 21.9 Å². The van der Waals surface area contributed by atoms with Crippen LogP contribution in [0.1, 0.15) is 17.2 Å². The number of likely N-dealkylation sites (tertiary alicyclic amines) is 1. The molecule has 1 heterocycles. The monoisotopic (exact) mass is 357 g/mol. The zero-order valence-electron chi connectivity index (χ0n) is 13.7. The van der Waals surface area contributed by atoms with Gasteiger partial charge in [-0.1, -0.05) is 23.7 Å². The Balaban J connectivity index is 2.13. The number of Topliss-reactive ketones (excluding diaryl/α,β-unsaturated/α-hetero) is 1. The Morgan fingerprint density at radius 1 is 1.08 bits per heavy atom. The molecular formula is C19H16ClNO4. The van der Waals surface area contributed by atoms with Crippen molar-refractivity contribution < 1.29 is 19.4 Å². The molecule has 1 saturated heterocycles. The summed E-state index contributed by atoms with van der Waals surface area (Å²) in [6.07, 6.45) is 0. The quantitative estimate of drug-likeness (QED) is 0.519. The van der Waals surface area contributed by atoms with E-state index in [1.807, 2.05) is 0 Å². The van der Waals surface area contributed by atoms with E-state index in [9.17, 15) is 14.7 Å². The molecule has 0 spiro atoms. The summed E-state index contributed by atoms with van der Waals surface area (Å²) in [7, 11) is 3.10. The molecule has 5 nitrogen and oxygen atoms in total. The van der Waals surface area contributed by atoms with Crippen molar-refractivity contribution in [1.82, 2.24) is 4.90 Å². The number of carbonyl (C=O) groups excluding carboxylic acids is 2. The lowest BCUT2D eigenvalue weighted by molar-refractivity contribution is -0.139. The first-order valence-corrected chi connectivity index (χ1v) is 7.96. The molecule has 1 N–H and O–H groups in total. The molecule has 0 radical (unpaired) electrons. The normalized spacial score (nSPS) is 19.3. The summed E-state index contributed by atoms with van der Waals surface area (Å²) in [4.78, 5) is 26.0. The molecule has 128 valence electrons. The average molecular weight is 358 g/mol. The van der Waals surface area contributed by atoms with Gasteiger partial charge in [0.15, 0.2) is 0 Å². The number of halogens is 1. The van der Waals surface area contributed by atoms with Crippen LogP contribution in [0.2, 0.25) is 5.02 Å². The molecule has 1 unspecified atom stereocenters. The number of hydrogen-bond acceptors (Lipinski definition) is 4. The van der Waals surface area contributed by atoms with E-state index in [-0.39, 0.29) is 11.3 Å². The highest BCUT2D eigenvalue weighted by Crippen LogP contribution is 2.38. The van der Waals surface area contributed by atoms with Crippen LogP contribution in [-0.4, -0.2) is 35.9 Å². The van der Waals surface area contributed by atoms with Gasteiger partial charge in [0.05, 0.1) is 18.7 Å². The van der Waals surface area contributed by atoms with Crippen molar-refractivity contribution in [3.05, 3.63) is 70.3 Å². The first-order chi connectivity index (χ1) is 11.9. The molecular weight excluding hydrogens is 342 g/mol. The molecule has 0 aromatic heterocycles. The summed E-state index contributed by atoms with van der Waals surface area (Å²) in [5, 5.41) is 11.2. The van der Waals surface area contributed by atoms with Crippen LogP contribution in [-0.2, 0) is 9.59 Å². The molecule has 0 bridgehead atoms. The van der Waals surface area contributed by atoms with Gasteiger partial charge in [0, 0.05) is 17.6 Å². The van der Waals surface area contributed by atoms with Gasteiger partial charge in [-0.25, -0.2) is 0 Å². The van der Waals surface area contributed by atoms with E-state index in [1.165, 1.54) is 11.9 Å². The zero-order valence-corrected chi connectivity index (χ0v) is 14.4. The molecule has 0 saturated carbocycles. The predicted octanol–water partition coefficient (Wildman–Crippen LogP) is 3.40. The Hall–Kier alpha value is -2.79. The Bertz CT molecular complexity index is 856. The molecule has 3 rings (SSSR count). The third kappa shape index (κ3) is 2.98. The number of benzene rings is 2. The first-order valence-electron chi connectivity index (χ1n) is 7.58. The predicted molar refractivity (Wildman–Crippen MR) is 94.5 cm³/mol. The van der Waals surface area contributed by atoms with Crippen molar-refractivity contribution in [2.24, 2.45) is 0 Å². The minimum absolute atomic E-state index is 0.0555. The van der Waals surface area contributed by atoms with Crippen LogP contribution in [0, 0.1) is 0 Å². The minimum atomic E-state index is -0.712. The minimum Gasteiger partial charge on any atom is -0.507 e. The van der Waals surface area contributed by atoms with E-state index in [1.54, 1.807) is 55.6 Å². The lowest BCUT2D eigenvalue weighted by Gasteiger charge is -2.21. The number of hydrogen-bond donors (Lipinski definition) is 1. The van der Waals surface area contributed by atoms with Gasteiger partial charge in [-0.15, -0.1) is 0 Å².